The number of benzene rings is 2. The van der Waals surface area contributed by atoms with Gasteiger partial charge in [0, 0.05) is 19.5 Å². The highest BCUT2D eigenvalue weighted by atomic mass is 32.2. The van der Waals surface area contributed by atoms with Crippen LogP contribution in [0.25, 0.3) is 5.69 Å². The number of aromatic nitrogens is 3. The SMILES string of the molecule is COc1ccc(S(=O)(=O)N2CCC(Cc3n[nH]c(=O)n3-c3ccccc3C)CC2)cc1. The maximum atomic E-state index is 13.0. The summed E-state index contributed by atoms with van der Waals surface area (Å²) in [7, 11) is -1.99. The number of sulfonamides is 1. The number of para-hydroxylation sites is 1. The highest BCUT2D eigenvalue weighted by Gasteiger charge is 2.30. The van der Waals surface area contributed by atoms with Crippen LogP contribution in [-0.4, -0.2) is 47.7 Å². The number of methoxy groups -OCH3 is 1. The van der Waals surface area contributed by atoms with E-state index in [2.05, 4.69) is 10.2 Å². The highest BCUT2D eigenvalue weighted by molar-refractivity contribution is 7.89. The van der Waals surface area contributed by atoms with Gasteiger partial charge in [0.1, 0.15) is 11.6 Å². The number of rotatable bonds is 6. The fourth-order valence-electron chi connectivity index (χ4n) is 4.04. The van der Waals surface area contributed by atoms with Gasteiger partial charge in [-0.1, -0.05) is 18.2 Å². The van der Waals surface area contributed by atoms with E-state index in [0.29, 0.717) is 43.9 Å². The summed E-state index contributed by atoms with van der Waals surface area (Å²) in [5.41, 5.74) is 1.55. The Hall–Kier alpha value is -2.91. The predicted octanol–water partition coefficient (Wildman–Crippen LogP) is 2.52. The van der Waals surface area contributed by atoms with Gasteiger partial charge in [-0.3, -0.25) is 0 Å². The third-order valence-corrected chi connectivity index (χ3v) is 7.75. The fourth-order valence-corrected chi connectivity index (χ4v) is 5.51. The molecular weight excluding hydrogens is 416 g/mol. The van der Waals surface area contributed by atoms with Crippen molar-refractivity contribution in [1.82, 2.24) is 19.1 Å². The number of piperidine rings is 1. The lowest BCUT2D eigenvalue weighted by atomic mass is 9.94. The molecule has 0 saturated carbocycles. The molecule has 0 unspecified atom stereocenters. The quantitative estimate of drug-likeness (QED) is 0.633. The van der Waals surface area contributed by atoms with E-state index in [1.165, 1.54) is 4.31 Å². The van der Waals surface area contributed by atoms with E-state index < -0.39 is 10.0 Å². The molecule has 0 spiro atoms. The van der Waals surface area contributed by atoms with Crippen LogP contribution in [0.2, 0.25) is 0 Å². The molecule has 2 aromatic carbocycles. The molecule has 0 radical (unpaired) electrons. The second-order valence-electron chi connectivity index (χ2n) is 7.79. The van der Waals surface area contributed by atoms with Gasteiger partial charge in [0.05, 0.1) is 17.7 Å². The van der Waals surface area contributed by atoms with Crippen molar-refractivity contribution in [1.29, 1.82) is 0 Å². The molecule has 3 aromatic rings. The first-order valence-electron chi connectivity index (χ1n) is 10.3. The molecule has 8 nitrogen and oxygen atoms in total. The Morgan fingerprint density at radius 3 is 2.42 bits per heavy atom. The van der Waals surface area contributed by atoms with Crippen molar-refractivity contribution < 1.29 is 13.2 Å². The van der Waals surface area contributed by atoms with Crippen molar-refractivity contribution in [2.45, 2.75) is 31.1 Å². The zero-order valence-electron chi connectivity index (χ0n) is 17.6. The van der Waals surface area contributed by atoms with Crippen LogP contribution in [0.4, 0.5) is 0 Å². The van der Waals surface area contributed by atoms with Crippen molar-refractivity contribution in [2.75, 3.05) is 20.2 Å². The molecule has 9 heteroatoms. The number of hydrogen-bond acceptors (Lipinski definition) is 5. The molecule has 1 aromatic heterocycles. The van der Waals surface area contributed by atoms with E-state index in [4.69, 9.17) is 4.74 Å². The molecule has 4 rings (SSSR count). The molecule has 1 aliphatic rings. The van der Waals surface area contributed by atoms with Gasteiger partial charge >= 0.3 is 5.69 Å². The Labute approximate surface area is 181 Å². The van der Waals surface area contributed by atoms with E-state index in [0.717, 1.165) is 11.3 Å². The van der Waals surface area contributed by atoms with E-state index in [-0.39, 0.29) is 16.5 Å². The summed E-state index contributed by atoms with van der Waals surface area (Å²) < 4.78 is 34.2. The first-order chi connectivity index (χ1) is 14.9. The summed E-state index contributed by atoms with van der Waals surface area (Å²) in [5.74, 6) is 1.55. The summed E-state index contributed by atoms with van der Waals surface area (Å²) >= 11 is 0. The lowest BCUT2D eigenvalue weighted by molar-refractivity contribution is 0.269. The third kappa shape index (κ3) is 4.28. The van der Waals surface area contributed by atoms with Crippen LogP contribution in [0, 0.1) is 12.8 Å². The summed E-state index contributed by atoms with van der Waals surface area (Å²) in [4.78, 5) is 12.6. The normalized spacial score (nSPS) is 15.8. The minimum absolute atomic E-state index is 0.250. The van der Waals surface area contributed by atoms with Crippen molar-refractivity contribution in [2.24, 2.45) is 5.92 Å². The Balaban J connectivity index is 1.46. The Bertz CT molecular complexity index is 1210. The standard InChI is InChI=1S/C22H26N4O4S/c1-16-5-3-4-6-20(16)26-21(23-24-22(26)27)15-17-11-13-25(14-12-17)31(28,29)19-9-7-18(30-2)8-10-19/h3-10,17H,11-15H2,1-2H3,(H,24,27). The molecule has 1 aliphatic heterocycles. The van der Waals surface area contributed by atoms with Crippen molar-refractivity contribution in [3.63, 3.8) is 0 Å². The smallest absolute Gasteiger partial charge is 0.347 e. The van der Waals surface area contributed by atoms with Crippen LogP contribution in [-0.2, 0) is 16.4 Å². The topological polar surface area (TPSA) is 97.3 Å². The number of hydrogen-bond donors (Lipinski definition) is 1. The highest BCUT2D eigenvalue weighted by Crippen LogP contribution is 2.27. The molecule has 0 aliphatic carbocycles. The average molecular weight is 443 g/mol. The lowest BCUT2D eigenvalue weighted by Crippen LogP contribution is -2.39. The summed E-state index contributed by atoms with van der Waals surface area (Å²) in [5, 5.41) is 6.80. The predicted molar refractivity (Wildman–Crippen MR) is 117 cm³/mol. The number of ether oxygens (including phenoxy) is 1. The molecular formula is C22H26N4O4S. The number of nitrogens with zero attached hydrogens (tertiary/aromatic N) is 3. The van der Waals surface area contributed by atoms with Gasteiger partial charge in [-0.2, -0.15) is 9.40 Å². The fraction of sp³-hybridized carbons (Fsp3) is 0.364. The maximum absolute atomic E-state index is 13.0. The molecule has 0 amide bonds. The second-order valence-corrected chi connectivity index (χ2v) is 9.73. The summed E-state index contributed by atoms with van der Waals surface area (Å²) in [6.45, 7) is 2.84. The van der Waals surface area contributed by atoms with Crippen LogP contribution < -0.4 is 10.4 Å². The first-order valence-corrected chi connectivity index (χ1v) is 11.7. The number of H-pyrrole nitrogens is 1. The van der Waals surface area contributed by atoms with Crippen molar-refractivity contribution in [3.8, 4) is 11.4 Å². The van der Waals surface area contributed by atoms with Gasteiger partial charge in [0.2, 0.25) is 10.0 Å². The molecule has 1 N–H and O–H groups in total. The van der Waals surface area contributed by atoms with E-state index in [1.54, 1.807) is 35.9 Å². The average Bonchev–Trinajstić information content (AvgIpc) is 3.14. The van der Waals surface area contributed by atoms with Crippen LogP contribution in [0.15, 0.2) is 58.2 Å². The minimum Gasteiger partial charge on any atom is -0.497 e. The van der Waals surface area contributed by atoms with Gasteiger partial charge in [0.15, 0.2) is 0 Å². The van der Waals surface area contributed by atoms with Crippen LogP contribution in [0.5, 0.6) is 5.75 Å². The van der Waals surface area contributed by atoms with Gasteiger partial charge in [-0.05, 0) is 61.6 Å². The Kier molecular flexibility index (Phi) is 5.97. The number of aryl methyl sites for hydroxylation is 1. The molecule has 164 valence electrons. The van der Waals surface area contributed by atoms with E-state index in [9.17, 15) is 13.2 Å². The van der Waals surface area contributed by atoms with Gasteiger partial charge in [-0.25, -0.2) is 22.9 Å². The molecule has 1 fully saturated rings. The molecule has 1 saturated heterocycles. The largest absolute Gasteiger partial charge is 0.497 e. The second kappa shape index (κ2) is 8.68. The van der Waals surface area contributed by atoms with Gasteiger partial charge in [-0.15, -0.1) is 0 Å². The molecule has 31 heavy (non-hydrogen) atoms. The zero-order chi connectivity index (χ0) is 22.0. The number of aromatic amines is 1. The van der Waals surface area contributed by atoms with Crippen LogP contribution >= 0.6 is 0 Å². The van der Waals surface area contributed by atoms with Gasteiger partial charge < -0.3 is 4.74 Å². The van der Waals surface area contributed by atoms with Crippen LogP contribution in [0.1, 0.15) is 24.2 Å². The Morgan fingerprint density at radius 1 is 1.10 bits per heavy atom. The van der Waals surface area contributed by atoms with Crippen molar-refractivity contribution >= 4 is 10.0 Å². The zero-order valence-corrected chi connectivity index (χ0v) is 18.4. The summed E-state index contributed by atoms with van der Waals surface area (Å²) in [6, 6.07) is 14.2. The summed E-state index contributed by atoms with van der Waals surface area (Å²) in [6.07, 6.45) is 2.04. The Morgan fingerprint density at radius 2 is 1.77 bits per heavy atom. The molecule has 2 heterocycles. The molecule has 0 atom stereocenters. The molecule has 0 bridgehead atoms. The van der Waals surface area contributed by atoms with Gasteiger partial charge in [0.25, 0.3) is 0 Å². The first kappa shape index (κ1) is 21.3. The van der Waals surface area contributed by atoms with E-state index in [1.807, 2.05) is 31.2 Å². The number of nitrogens with one attached hydrogen (secondary N) is 1. The lowest BCUT2D eigenvalue weighted by Gasteiger charge is -2.31. The third-order valence-electron chi connectivity index (χ3n) is 5.84. The van der Waals surface area contributed by atoms with E-state index >= 15 is 0 Å². The van der Waals surface area contributed by atoms with Crippen molar-refractivity contribution in [3.05, 3.63) is 70.4 Å². The van der Waals surface area contributed by atoms with Crippen LogP contribution in [0.3, 0.4) is 0 Å². The maximum Gasteiger partial charge on any atom is 0.347 e. The minimum atomic E-state index is -3.54. The monoisotopic (exact) mass is 442 g/mol.